The Labute approximate surface area is 68.9 Å². The van der Waals surface area contributed by atoms with Crippen molar-refractivity contribution >= 4 is 0 Å². The third kappa shape index (κ3) is 2.80. The molecule has 2 unspecified atom stereocenters. The average Bonchev–Trinajstić information content (AvgIpc) is 2.06. The SMILES string of the molecule is CCC1CCCC(COC)O1. The summed E-state index contributed by atoms with van der Waals surface area (Å²) < 4.78 is 10.8. The van der Waals surface area contributed by atoms with Gasteiger partial charge in [0.2, 0.25) is 0 Å². The van der Waals surface area contributed by atoms with Crippen LogP contribution in [0.3, 0.4) is 0 Å². The van der Waals surface area contributed by atoms with Crippen LogP contribution in [-0.4, -0.2) is 25.9 Å². The quantitative estimate of drug-likeness (QED) is 0.625. The molecule has 1 aliphatic rings. The van der Waals surface area contributed by atoms with Crippen LogP contribution in [0.4, 0.5) is 0 Å². The smallest absolute Gasteiger partial charge is 0.0812 e. The Hall–Kier alpha value is -0.0800. The number of rotatable bonds is 3. The molecule has 2 nitrogen and oxygen atoms in total. The zero-order valence-corrected chi connectivity index (χ0v) is 7.51. The van der Waals surface area contributed by atoms with Gasteiger partial charge < -0.3 is 9.47 Å². The normalized spacial score (nSPS) is 32.2. The summed E-state index contributed by atoms with van der Waals surface area (Å²) in [6, 6.07) is 0. The highest BCUT2D eigenvalue weighted by molar-refractivity contribution is 4.69. The second-order valence-corrected chi connectivity index (χ2v) is 3.17. The molecule has 0 aliphatic carbocycles. The minimum absolute atomic E-state index is 0.360. The highest BCUT2D eigenvalue weighted by Crippen LogP contribution is 2.20. The van der Waals surface area contributed by atoms with Gasteiger partial charge in [0.15, 0.2) is 0 Å². The minimum Gasteiger partial charge on any atom is -0.382 e. The lowest BCUT2D eigenvalue weighted by Crippen LogP contribution is -2.30. The van der Waals surface area contributed by atoms with Gasteiger partial charge in [-0.2, -0.15) is 0 Å². The van der Waals surface area contributed by atoms with Crippen molar-refractivity contribution in [2.45, 2.75) is 44.8 Å². The number of methoxy groups -OCH3 is 1. The van der Waals surface area contributed by atoms with Gasteiger partial charge in [-0.1, -0.05) is 6.92 Å². The summed E-state index contributed by atoms with van der Waals surface area (Å²) in [6.07, 6.45) is 5.69. The fourth-order valence-corrected chi connectivity index (χ4v) is 1.59. The molecule has 1 saturated heterocycles. The molecular formula is C9H18O2. The number of hydrogen-bond acceptors (Lipinski definition) is 2. The lowest BCUT2D eigenvalue weighted by Gasteiger charge is -2.28. The summed E-state index contributed by atoms with van der Waals surface area (Å²) in [6.45, 7) is 2.94. The van der Waals surface area contributed by atoms with Crippen molar-refractivity contribution < 1.29 is 9.47 Å². The molecular weight excluding hydrogens is 140 g/mol. The predicted octanol–water partition coefficient (Wildman–Crippen LogP) is 1.98. The lowest BCUT2D eigenvalue weighted by atomic mass is 10.0. The standard InChI is InChI=1S/C9H18O2/c1-3-8-5-4-6-9(11-8)7-10-2/h8-9H,3-7H2,1-2H3. The van der Waals surface area contributed by atoms with Crippen LogP contribution >= 0.6 is 0 Å². The fourth-order valence-electron chi connectivity index (χ4n) is 1.59. The molecule has 2 heteroatoms. The maximum Gasteiger partial charge on any atom is 0.0812 e. The van der Waals surface area contributed by atoms with Crippen molar-refractivity contribution in [3.63, 3.8) is 0 Å². The van der Waals surface area contributed by atoms with E-state index in [1.165, 1.54) is 19.3 Å². The Bertz CT molecular complexity index is 102. The van der Waals surface area contributed by atoms with Crippen LogP contribution < -0.4 is 0 Å². The highest BCUT2D eigenvalue weighted by Gasteiger charge is 2.20. The maximum atomic E-state index is 5.75. The summed E-state index contributed by atoms with van der Waals surface area (Å²) in [5.41, 5.74) is 0. The van der Waals surface area contributed by atoms with E-state index in [1.807, 2.05) is 0 Å². The number of ether oxygens (including phenoxy) is 2. The molecule has 11 heavy (non-hydrogen) atoms. The molecule has 0 aromatic heterocycles. The second-order valence-electron chi connectivity index (χ2n) is 3.17. The van der Waals surface area contributed by atoms with Gasteiger partial charge in [0, 0.05) is 7.11 Å². The van der Waals surface area contributed by atoms with Crippen LogP contribution in [0.2, 0.25) is 0 Å². The van der Waals surface area contributed by atoms with Crippen molar-refractivity contribution in [1.82, 2.24) is 0 Å². The molecule has 0 bridgehead atoms. The third-order valence-electron chi connectivity index (χ3n) is 2.25. The van der Waals surface area contributed by atoms with E-state index in [1.54, 1.807) is 7.11 Å². The van der Waals surface area contributed by atoms with Crippen LogP contribution in [0.1, 0.15) is 32.6 Å². The van der Waals surface area contributed by atoms with Crippen molar-refractivity contribution in [3.05, 3.63) is 0 Å². The largest absolute Gasteiger partial charge is 0.382 e. The predicted molar refractivity (Wildman–Crippen MR) is 44.7 cm³/mol. The molecule has 0 spiro atoms. The summed E-state index contributed by atoms with van der Waals surface area (Å²) in [4.78, 5) is 0. The van der Waals surface area contributed by atoms with Crippen LogP contribution in [0.15, 0.2) is 0 Å². The summed E-state index contributed by atoms with van der Waals surface area (Å²) in [5, 5.41) is 0. The average molecular weight is 158 g/mol. The monoisotopic (exact) mass is 158 g/mol. The minimum atomic E-state index is 0.360. The molecule has 0 aromatic carbocycles. The van der Waals surface area contributed by atoms with Crippen LogP contribution in [0.25, 0.3) is 0 Å². The Morgan fingerprint density at radius 2 is 2.09 bits per heavy atom. The van der Waals surface area contributed by atoms with Crippen LogP contribution in [0.5, 0.6) is 0 Å². The van der Waals surface area contributed by atoms with E-state index in [9.17, 15) is 0 Å². The summed E-state index contributed by atoms with van der Waals surface area (Å²) in [5.74, 6) is 0. The van der Waals surface area contributed by atoms with Crippen LogP contribution in [-0.2, 0) is 9.47 Å². The Morgan fingerprint density at radius 1 is 1.36 bits per heavy atom. The molecule has 1 aliphatic heterocycles. The molecule has 0 radical (unpaired) electrons. The zero-order valence-electron chi connectivity index (χ0n) is 7.51. The van der Waals surface area contributed by atoms with Crippen molar-refractivity contribution in [2.24, 2.45) is 0 Å². The highest BCUT2D eigenvalue weighted by atomic mass is 16.5. The van der Waals surface area contributed by atoms with Gasteiger partial charge in [-0.3, -0.25) is 0 Å². The van der Waals surface area contributed by atoms with Gasteiger partial charge in [-0.25, -0.2) is 0 Å². The Balaban J connectivity index is 2.21. The Kier molecular flexibility index (Phi) is 3.87. The van der Waals surface area contributed by atoms with E-state index in [0.29, 0.717) is 12.2 Å². The first-order valence-electron chi connectivity index (χ1n) is 4.51. The van der Waals surface area contributed by atoms with Crippen molar-refractivity contribution in [2.75, 3.05) is 13.7 Å². The topological polar surface area (TPSA) is 18.5 Å². The van der Waals surface area contributed by atoms with Gasteiger partial charge in [0.25, 0.3) is 0 Å². The van der Waals surface area contributed by atoms with Gasteiger partial charge >= 0.3 is 0 Å². The van der Waals surface area contributed by atoms with Crippen LogP contribution in [0, 0.1) is 0 Å². The van der Waals surface area contributed by atoms with E-state index in [-0.39, 0.29) is 0 Å². The van der Waals surface area contributed by atoms with Gasteiger partial charge in [-0.15, -0.1) is 0 Å². The first kappa shape index (κ1) is 9.01. The summed E-state index contributed by atoms with van der Waals surface area (Å²) >= 11 is 0. The number of hydrogen-bond donors (Lipinski definition) is 0. The van der Waals surface area contributed by atoms with Gasteiger partial charge in [-0.05, 0) is 25.7 Å². The molecule has 1 rings (SSSR count). The molecule has 0 amide bonds. The second kappa shape index (κ2) is 4.73. The first-order chi connectivity index (χ1) is 5.36. The first-order valence-corrected chi connectivity index (χ1v) is 4.51. The van der Waals surface area contributed by atoms with E-state index in [0.717, 1.165) is 13.0 Å². The van der Waals surface area contributed by atoms with E-state index < -0.39 is 0 Å². The third-order valence-corrected chi connectivity index (χ3v) is 2.25. The molecule has 0 N–H and O–H groups in total. The molecule has 0 aromatic rings. The molecule has 1 heterocycles. The molecule has 0 saturated carbocycles. The van der Waals surface area contributed by atoms with Crippen molar-refractivity contribution in [3.8, 4) is 0 Å². The molecule has 1 fully saturated rings. The lowest BCUT2D eigenvalue weighted by molar-refractivity contribution is -0.0796. The maximum absolute atomic E-state index is 5.75. The van der Waals surface area contributed by atoms with E-state index >= 15 is 0 Å². The Morgan fingerprint density at radius 3 is 2.73 bits per heavy atom. The van der Waals surface area contributed by atoms with E-state index in [2.05, 4.69) is 6.92 Å². The fraction of sp³-hybridized carbons (Fsp3) is 1.00. The molecule has 2 atom stereocenters. The molecule has 66 valence electrons. The van der Waals surface area contributed by atoms with Gasteiger partial charge in [0.1, 0.15) is 0 Å². The van der Waals surface area contributed by atoms with Gasteiger partial charge in [0.05, 0.1) is 18.8 Å². The zero-order chi connectivity index (χ0) is 8.10. The van der Waals surface area contributed by atoms with E-state index in [4.69, 9.17) is 9.47 Å². The van der Waals surface area contributed by atoms with Crippen molar-refractivity contribution in [1.29, 1.82) is 0 Å². The summed E-state index contributed by atoms with van der Waals surface area (Å²) in [7, 11) is 1.74.